The van der Waals surface area contributed by atoms with Crippen LogP contribution in [-0.2, 0) is 12.8 Å². The monoisotopic (exact) mass is 227 g/mol. The topological polar surface area (TPSA) is 50.2 Å². The Kier molecular flexibility index (Phi) is 2.15. The lowest BCUT2D eigenvalue weighted by Gasteiger charge is -2.09. The normalized spacial score (nSPS) is 13.9. The van der Waals surface area contributed by atoms with Gasteiger partial charge in [-0.25, -0.2) is 9.78 Å². The predicted octanol–water partition coefficient (Wildman–Crippen LogP) is 2.73. The fraction of sp³-hybridized carbons (Fsp3) is 0.286. The van der Waals surface area contributed by atoms with Gasteiger partial charge in [-0.15, -0.1) is 0 Å². The van der Waals surface area contributed by atoms with Crippen LogP contribution in [0.25, 0.3) is 10.9 Å². The van der Waals surface area contributed by atoms with Gasteiger partial charge in [0.2, 0.25) is 0 Å². The Morgan fingerprint density at radius 3 is 2.82 bits per heavy atom. The lowest BCUT2D eigenvalue weighted by Crippen LogP contribution is -2.07. The first-order chi connectivity index (χ1) is 8.18. The highest BCUT2D eigenvalue weighted by molar-refractivity contribution is 5.95. The van der Waals surface area contributed by atoms with Crippen molar-refractivity contribution in [1.82, 2.24) is 4.98 Å². The van der Waals surface area contributed by atoms with Gasteiger partial charge >= 0.3 is 5.97 Å². The summed E-state index contributed by atoms with van der Waals surface area (Å²) >= 11 is 0. The SMILES string of the molecule is Cc1cccc2c3c(c(C(=O)O)nc12)CCC3. The van der Waals surface area contributed by atoms with Crippen LogP contribution in [0.3, 0.4) is 0 Å². The van der Waals surface area contributed by atoms with Gasteiger partial charge < -0.3 is 5.11 Å². The molecule has 1 heterocycles. The summed E-state index contributed by atoms with van der Waals surface area (Å²) in [6.45, 7) is 1.97. The summed E-state index contributed by atoms with van der Waals surface area (Å²) in [5.41, 5.74) is 4.26. The second-order valence-corrected chi connectivity index (χ2v) is 4.55. The molecular formula is C14H13NO2. The summed E-state index contributed by atoms with van der Waals surface area (Å²) in [5, 5.41) is 10.4. The molecule has 86 valence electrons. The summed E-state index contributed by atoms with van der Waals surface area (Å²) < 4.78 is 0. The molecule has 1 aromatic carbocycles. The van der Waals surface area contributed by atoms with Crippen molar-refractivity contribution in [3.8, 4) is 0 Å². The van der Waals surface area contributed by atoms with Crippen molar-refractivity contribution in [2.75, 3.05) is 0 Å². The van der Waals surface area contributed by atoms with Crippen LogP contribution in [-0.4, -0.2) is 16.1 Å². The number of carboxylic acid groups (broad SMARTS) is 1. The minimum Gasteiger partial charge on any atom is -0.477 e. The Bertz CT molecular complexity index is 632. The Morgan fingerprint density at radius 2 is 2.06 bits per heavy atom. The molecule has 3 rings (SSSR count). The number of carbonyl (C=O) groups is 1. The van der Waals surface area contributed by atoms with Crippen molar-refractivity contribution in [2.24, 2.45) is 0 Å². The van der Waals surface area contributed by atoms with E-state index in [2.05, 4.69) is 4.98 Å². The number of aryl methyl sites for hydroxylation is 2. The van der Waals surface area contributed by atoms with Crippen LogP contribution in [0.5, 0.6) is 0 Å². The molecule has 1 aliphatic rings. The van der Waals surface area contributed by atoms with E-state index < -0.39 is 5.97 Å². The van der Waals surface area contributed by atoms with Crippen molar-refractivity contribution in [1.29, 1.82) is 0 Å². The molecule has 0 fully saturated rings. The van der Waals surface area contributed by atoms with Crippen molar-refractivity contribution in [3.05, 3.63) is 40.6 Å². The molecule has 1 aromatic heterocycles. The van der Waals surface area contributed by atoms with Crippen LogP contribution in [0.15, 0.2) is 18.2 Å². The minimum atomic E-state index is -0.909. The maximum Gasteiger partial charge on any atom is 0.354 e. The molecule has 2 aromatic rings. The number of fused-ring (bicyclic) bond motifs is 3. The van der Waals surface area contributed by atoms with E-state index in [-0.39, 0.29) is 5.69 Å². The van der Waals surface area contributed by atoms with E-state index in [0.29, 0.717) is 0 Å². The van der Waals surface area contributed by atoms with Gasteiger partial charge in [0.05, 0.1) is 5.52 Å². The lowest BCUT2D eigenvalue weighted by atomic mass is 10.0. The molecule has 0 saturated carbocycles. The lowest BCUT2D eigenvalue weighted by molar-refractivity contribution is 0.0689. The van der Waals surface area contributed by atoms with Gasteiger partial charge in [0.25, 0.3) is 0 Å². The summed E-state index contributed by atoms with van der Waals surface area (Å²) in [7, 11) is 0. The maximum absolute atomic E-state index is 11.3. The molecule has 0 bridgehead atoms. The highest BCUT2D eigenvalue weighted by Gasteiger charge is 2.23. The quantitative estimate of drug-likeness (QED) is 0.814. The minimum absolute atomic E-state index is 0.249. The number of aromatic carboxylic acids is 1. The molecule has 0 amide bonds. The molecule has 1 N–H and O–H groups in total. The highest BCUT2D eigenvalue weighted by atomic mass is 16.4. The van der Waals surface area contributed by atoms with Gasteiger partial charge in [-0.1, -0.05) is 18.2 Å². The molecule has 1 aliphatic carbocycles. The molecule has 0 spiro atoms. The number of hydrogen-bond acceptors (Lipinski definition) is 2. The molecule has 0 radical (unpaired) electrons. The van der Waals surface area contributed by atoms with Crippen molar-refractivity contribution in [2.45, 2.75) is 26.2 Å². The average Bonchev–Trinajstić information content (AvgIpc) is 2.77. The second-order valence-electron chi connectivity index (χ2n) is 4.55. The fourth-order valence-electron chi connectivity index (χ4n) is 2.71. The Labute approximate surface area is 99.1 Å². The number of carboxylic acids is 1. The first-order valence-corrected chi connectivity index (χ1v) is 5.83. The second kappa shape index (κ2) is 3.55. The summed E-state index contributed by atoms with van der Waals surface area (Å²) in [4.78, 5) is 15.6. The van der Waals surface area contributed by atoms with E-state index in [9.17, 15) is 9.90 Å². The first-order valence-electron chi connectivity index (χ1n) is 5.83. The maximum atomic E-state index is 11.3. The molecule has 0 aliphatic heterocycles. The molecule has 3 nitrogen and oxygen atoms in total. The first kappa shape index (κ1) is 10.3. The van der Waals surface area contributed by atoms with E-state index in [0.717, 1.165) is 41.3 Å². The smallest absolute Gasteiger partial charge is 0.354 e. The summed E-state index contributed by atoms with van der Waals surface area (Å²) in [6, 6.07) is 6.03. The number of para-hydroxylation sites is 1. The number of nitrogens with zero attached hydrogens (tertiary/aromatic N) is 1. The van der Waals surface area contributed by atoms with Crippen LogP contribution in [0.4, 0.5) is 0 Å². The van der Waals surface area contributed by atoms with Crippen LogP contribution < -0.4 is 0 Å². The zero-order chi connectivity index (χ0) is 12.0. The number of pyridine rings is 1. The molecule has 3 heteroatoms. The summed E-state index contributed by atoms with van der Waals surface area (Å²) in [6.07, 6.45) is 2.84. The largest absolute Gasteiger partial charge is 0.477 e. The van der Waals surface area contributed by atoms with Gasteiger partial charge in [0.15, 0.2) is 5.69 Å². The van der Waals surface area contributed by atoms with E-state index in [1.807, 2.05) is 25.1 Å². The third-order valence-electron chi connectivity index (χ3n) is 3.49. The number of hydrogen-bond donors (Lipinski definition) is 1. The van der Waals surface area contributed by atoms with Crippen LogP contribution in [0.2, 0.25) is 0 Å². The van der Waals surface area contributed by atoms with Crippen molar-refractivity contribution in [3.63, 3.8) is 0 Å². The van der Waals surface area contributed by atoms with Gasteiger partial charge in [-0.3, -0.25) is 0 Å². The zero-order valence-electron chi connectivity index (χ0n) is 9.66. The third kappa shape index (κ3) is 1.42. The van der Waals surface area contributed by atoms with E-state index in [4.69, 9.17) is 0 Å². The van der Waals surface area contributed by atoms with Crippen molar-refractivity contribution >= 4 is 16.9 Å². The molecule has 0 atom stereocenters. The van der Waals surface area contributed by atoms with E-state index >= 15 is 0 Å². The number of rotatable bonds is 1. The van der Waals surface area contributed by atoms with Gasteiger partial charge in [-0.05, 0) is 42.9 Å². The van der Waals surface area contributed by atoms with Crippen LogP contribution >= 0.6 is 0 Å². The van der Waals surface area contributed by atoms with Gasteiger partial charge in [0.1, 0.15) is 0 Å². The Morgan fingerprint density at radius 1 is 1.29 bits per heavy atom. The average molecular weight is 227 g/mol. The number of benzene rings is 1. The van der Waals surface area contributed by atoms with E-state index in [1.165, 1.54) is 5.56 Å². The number of aromatic nitrogens is 1. The predicted molar refractivity (Wildman–Crippen MR) is 65.5 cm³/mol. The summed E-state index contributed by atoms with van der Waals surface area (Å²) in [5.74, 6) is -0.909. The zero-order valence-corrected chi connectivity index (χ0v) is 9.66. The Balaban J connectivity index is 2.46. The van der Waals surface area contributed by atoms with Gasteiger partial charge in [0, 0.05) is 5.39 Å². The molecule has 0 saturated heterocycles. The van der Waals surface area contributed by atoms with Crippen LogP contribution in [0, 0.1) is 6.92 Å². The van der Waals surface area contributed by atoms with Crippen LogP contribution in [0.1, 0.15) is 33.6 Å². The highest BCUT2D eigenvalue weighted by Crippen LogP contribution is 2.32. The molecular weight excluding hydrogens is 214 g/mol. The van der Waals surface area contributed by atoms with Gasteiger partial charge in [-0.2, -0.15) is 0 Å². The molecule has 17 heavy (non-hydrogen) atoms. The molecule has 0 unspecified atom stereocenters. The van der Waals surface area contributed by atoms with E-state index in [1.54, 1.807) is 0 Å². The Hall–Kier alpha value is -1.90. The standard InChI is InChI=1S/C14H13NO2/c1-8-4-2-6-10-9-5-3-7-11(9)13(14(16)17)15-12(8)10/h2,4,6H,3,5,7H2,1H3,(H,16,17). The fourth-order valence-corrected chi connectivity index (χ4v) is 2.71. The third-order valence-corrected chi connectivity index (χ3v) is 3.49. The van der Waals surface area contributed by atoms with Crippen molar-refractivity contribution < 1.29 is 9.90 Å².